The quantitative estimate of drug-likeness (QED) is 0.651. The maximum atomic E-state index is 12.9. The fraction of sp³-hybridized carbons (Fsp3) is 0.211. The van der Waals surface area contributed by atoms with E-state index in [2.05, 4.69) is 15.2 Å². The normalized spacial score (nSPS) is 16.6. The maximum Gasteiger partial charge on any atom is 0.416 e. The predicted octanol–water partition coefficient (Wildman–Crippen LogP) is 4.72. The number of ether oxygens (including phenoxy) is 1. The molecule has 1 aromatic heterocycles. The standard InChI is InChI=1S/C19H15F3N4O2/c1-12-5-6-13(17-9-18(25-28-17)26-11-23-10-24-26)7-16(12)27-15-4-2-3-14(8-15)19(20,21)22/h2-8,10-11,17H,9H2,1H3. The monoisotopic (exact) mass is 388 g/mol. The zero-order valence-corrected chi connectivity index (χ0v) is 14.7. The van der Waals surface area contributed by atoms with Crippen molar-refractivity contribution in [1.82, 2.24) is 14.8 Å². The van der Waals surface area contributed by atoms with E-state index in [4.69, 9.17) is 9.57 Å². The second-order valence-electron chi connectivity index (χ2n) is 6.30. The third kappa shape index (κ3) is 3.68. The van der Waals surface area contributed by atoms with Gasteiger partial charge in [0.1, 0.15) is 24.2 Å². The number of aromatic nitrogens is 3. The van der Waals surface area contributed by atoms with Gasteiger partial charge >= 0.3 is 6.18 Å². The molecular weight excluding hydrogens is 373 g/mol. The summed E-state index contributed by atoms with van der Waals surface area (Å²) >= 11 is 0. The van der Waals surface area contributed by atoms with E-state index in [0.29, 0.717) is 18.0 Å². The molecule has 1 aliphatic rings. The van der Waals surface area contributed by atoms with Crippen LogP contribution >= 0.6 is 0 Å². The number of benzene rings is 2. The van der Waals surface area contributed by atoms with Crippen LogP contribution in [0.25, 0.3) is 0 Å². The first-order chi connectivity index (χ1) is 13.4. The molecule has 144 valence electrons. The number of nitrogens with zero attached hydrogens (tertiary/aromatic N) is 4. The number of hydrogen-bond acceptors (Lipinski definition) is 5. The van der Waals surface area contributed by atoms with Crippen LogP contribution in [0, 0.1) is 6.92 Å². The van der Waals surface area contributed by atoms with Crippen LogP contribution in [0.3, 0.4) is 0 Å². The largest absolute Gasteiger partial charge is 0.457 e. The highest BCUT2D eigenvalue weighted by Gasteiger charge is 2.31. The van der Waals surface area contributed by atoms with Gasteiger partial charge in [0.15, 0.2) is 11.9 Å². The summed E-state index contributed by atoms with van der Waals surface area (Å²) < 4.78 is 46.0. The average molecular weight is 388 g/mol. The van der Waals surface area contributed by atoms with Gasteiger partial charge in [0.05, 0.1) is 12.0 Å². The molecule has 2 heterocycles. The van der Waals surface area contributed by atoms with Crippen molar-refractivity contribution in [3.05, 3.63) is 71.8 Å². The number of aryl methyl sites for hydroxylation is 1. The van der Waals surface area contributed by atoms with Crippen LogP contribution in [-0.4, -0.2) is 20.6 Å². The Morgan fingerprint density at radius 1 is 1.18 bits per heavy atom. The minimum Gasteiger partial charge on any atom is -0.457 e. The number of halogens is 3. The number of oxime groups is 1. The lowest BCUT2D eigenvalue weighted by Gasteiger charge is -2.14. The van der Waals surface area contributed by atoms with Crippen molar-refractivity contribution in [1.29, 1.82) is 0 Å². The zero-order chi connectivity index (χ0) is 19.7. The first-order valence-electron chi connectivity index (χ1n) is 8.43. The van der Waals surface area contributed by atoms with Crippen molar-refractivity contribution in [3.63, 3.8) is 0 Å². The van der Waals surface area contributed by atoms with Crippen molar-refractivity contribution in [2.24, 2.45) is 5.16 Å². The van der Waals surface area contributed by atoms with E-state index in [-0.39, 0.29) is 11.9 Å². The second-order valence-corrected chi connectivity index (χ2v) is 6.30. The lowest BCUT2D eigenvalue weighted by Crippen LogP contribution is -2.11. The molecule has 4 rings (SSSR count). The predicted molar refractivity (Wildman–Crippen MR) is 94.0 cm³/mol. The fourth-order valence-electron chi connectivity index (χ4n) is 2.81. The summed E-state index contributed by atoms with van der Waals surface area (Å²) in [5, 5.41) is 8.04. The molecular formula is C19H15F3N4O2. The molecule has 0 spiro atoms. The molecule has 0 N–H and O–H groups in total. The summed E-state index contributed by atoms with van der Waals surface area (Å²) in [5.41, 5.74) is 0.826. The van der Waals surface area contributed by atoms with Gasteiger partial charge in [-0.2, -0.15) is 18.3 Å². The van der Waals surface area contributed by atoms with Gasteiger partial charge in [-0.15, -0.1) is 0 Å². The topological polar surface area (TPSA) is 61.5 Å². The molecule has 0 aliphatic carbocycles. The molecule has 1 atom stereocenters. The number of hydrogen-bond donors (Lipinski definition) is 0. The molecule has 0 bridgehead atoms. The highest BCUT2D eigenvalue weighted by Crippen LogP contribution is 2.35. The molecule has 0 saturated carbocycles. The minimum atomic E-state index is -4.43. The molecule has 28 heavy (non-hydrogen) atoms. The van der Waals surface area contributed by atoms with E-state index in [0.717, 1.165) is 23.3 Å². The molecule has 0 amide bonds. The lowest BCUT2D eigenvalue weighted by atomic mass is 10.0. The lowest BCUT2D eigenvalue weighted by molar-refractivity contribution is -0.137. The van der Waals surface area contributed by atoms with Crippen molar-refractivity contribution in [2.45, 2.75) is 25.6 Å². The molecule has 1 unspecified atom stereocenters. The van der Waals surface area contributed by atoms with Gasteiger partial charge in [0.2, 0.25) is 0 Å². The summed E-state index contributed by atoms with van der Waals surface area (Å²) in [4.78, 5) is 9.36. The molecule has 2 aromatic carbocycles. The smallest absolute Gasteiger partial charge is 0.416 e. The van der Waals surface area contributed by atoms with Crippen molar-refractivity contribution in [3.8, 4) is 11.5 Å². The highest BCUT2D eigenvalue weighted by molar-refractivity contribution is 5.84. The molecule has 9 heteroatoms. The van der Waals surface area contributed by atoms with Gasteiger partial charge in [-0.3, -0.25) is 0 Å². The van der Waals surface area contributed by atoms with E-state index in [1.54, 1.807) is 6.07 Å². The van der Waals surface area contributed by atoms with Gasteiger partial charge < -0.3 is 9.57 Å². The van der Waals surface area contributed by atoms with Gasteiger partial charge in [-0.25, -0.2) is 9.67 Å². The van der Waals surface area contributed by atoms with E-state index in [1.165, 1.54) is 29.5 Å². The van der Waals surface area contributed by atoms with Crippen LogP contribution in [0.2, 0.25) is 0 Å². The Balaban J connectivity index is 1.54. The van der Waals surface area contributed by atoms with Crippen molar-refractivity contribution in [2.75, 3.05) is 0 Å². The summed E-state index contributed by atoms with van der Waals surface area (Å²) in [6.07, 6.45) is -1.35. The minimum absolute atomic E-state index is 0.113. The van der Waals surface area contributed by atoms with Crippen LogP contribution < -0.4 is 4.74 Å². The summed E-state index contributed by atoms with van der Waals surface area (Å²) in [6.45, 7) is 1.82. The Hall–Kier alpha value is -3.36. The summed E-state index contributed by atoms with van der Waals surface area (Å²) in [5.74, 6) is 1.18. The van der Waals surface area contributed by atoms with Gasteiger partial charge in [0.25, 0.3) is 0 Å². The number of rotatable bonds is 3. The van der Waals surface area contributed by atoms with Gasteiger partial charge in [-0.1, -0.05) is 23.4 Å². The van der Waals surface area contributed by atoms with E-state index in [1.807, 2.05) is 19.1 Å². The van der Waals surface area contributed by atoms with Crippen LogP contribution in [0.15, 0.2) is 60.3 Å². The third-order valence-corrected chi connectivity index (χ3v) is 4.31. The van der Waals surface area contributed by atoms with Gasteiger partial charge in [0, 0.05) is 0 Å². The fourth-order valence-corrected chi connectivity index (χ4v) is 2.81. The van der Waals surface area contributed by atoms with Crippen LogP contribution in [-0.2, 0) is 11.0 Å². The molecule has 0 saturated heterocycles. The Labute approximate surface area is 158 Å². The average Bonchev–Trinajstić information content (AvgIpc) is 3.34. The van der Waals surface area contributed by atoms with E-state index in [9.17, 15) is 13.2 Å². The van der Waals surface area contributed by atoms with Crippen LogP contribution in [0.4, 0.5) is 13.2 Å². The van der Waals surface area contributed by atoms with E-state index >= 15 is 0 Å². The molecule has 0 fully saturated rings. The SMILES string of the molecule is Cc1ccc(C2CC(n3cncn3)=NO2)cc1Oc1cccc(C(F)(F)F)c1. The maximum absolute atomic E-state index is 12.9. The molecule has 0 radical (unpaired) electrons. The summed E-state index contributed by atoms with van der Waals surface area (Å²) in [6, 6.07) is 10.2. The molecule has 1 aliphatic heterocycles. The Morgan fingerprint density at radius 2 is 2.04 bits per heavy atom. The zero-order valence-electron chi connectivity index (χ0n) is 14.7. The summed E-state index contributed by atoms with van der Waals surface area (Å²) in [7, 11) is 0. The molecule has 3 aromatic rings. The number of alkyl halides is 3. The second kappa shape index (κ2) is 6.99. The first kappa shape index (κ1) is 18.0. The first-order valence-corrected chi connectivity index (χ1v) is 8.43. The highest BCUT2D eigenvalue weighted by atomic mass is 19.4. The van der Waals surface area contributed by atoms with E-state index < -0.39 is 11.7 Å². The Kier molecular flexibility index (Phi) is 4.50. The van der Waals surface area contributed by atoms with Crippen molar-refractivity contribution < 1.29 is 22.7 Å². The Morgan fingerprint density at radius 3 is 2.79 bits per heavy atom. The molecule has 6 nitrogen and oxygen atoms in total. The third-order valence-electron chi connectivity index (χ3n) is 4.31. The van der Waals surface area contributed by atoms with Crippen LogP contribution in [0.1, 0.15) is 29.2 Å². The Bertz CT molecular complexity index is 1020. The van der Waals surface area contributed by atoms with Crippen LogP contribution in [0.5, 0.6) is 11.5 Å². The van der Waals surface area contributed by atoms with Gasteiger partial charge in [-0.05, 0) is 42.3 Å². The van der Waals surface area contributed by atoms with Crippen molar-refractivity contribution >= 4 is 5.84 Å².